The normalized spacial score (nSPS) is 19.0. The third-order valence-electron chi connectivity index (χ3n) is 16.8. The fourth-order valence-corrected chi connectivity index (χ4v) is 11.7. The van der Waals surface area contributed by atoms with E-state index in [9.17, 15) is 53.9 Å². The van der Waals surface area contributed by atoms with Gasteiger partial charge in [-0.15, -0.1) is 4.80 Å². The zero-order valence-electron chi connectivity index (χ0n) is 52.7. The summed E-state index contributed by atoms with van der Waals surface area (Å²) in [4.78, 5) is 65.9. The maximum atomic E-state index is 13.6. The van der Waals surface area contributed by atoms with Crippen LogP contribution in [0.5, 0.6) is 5.75 Å². The number of aromatic nitrogens is 13. The number of alkyl halides is 9. The third kappa shape index (κ3) is 16.7. The van der Waals surface area contributed by atoms with Gasteiger partial charge in [0.05, 0.1) is 83.5 Å². The molecule has 9 aromatic rings. The van der Waals surface area contributed by atoms with Crippen molar-refractivity contribution in [2.24, 2.45) is 0 Å². The molecular weight excluding hydrogens is 1310 g/mol. The lowest BCUT2D eigenvalue weighted by Gasteiger charge is -2.40. The number of benzene rings is 2. The van der Waals surface area contributed by atoms with Crippen LogP contribution in [0.15, 0.2) is 141 Å². The number of nitrogens with zero attached hydrogens (tertiary/aromatic N) is 16. The lowest BCUT2D eigenvalue weighted by atomic mass is 9.96. The standard InChI is InChI=1S/C22H23F3N6O2.C21H20ClF3N6O.C21H22F3N7O/c1-14-18(29-20-8-5-15(13-26-20)22(23,24)25)4-3-11-30(14)21(32)17-12-16(33-2)6-7-19(17)31-27-9-10-28-31;1-13-17(29-19-7-4-14(12-26-19)21(23,24)25)3-2-10-30(13)20(32)16-11-15(22)5-6-18(16)31-27-8-9-28-31;1-13-5-7-17(31-26-9-10-27-31)19(28-13)20(32)30-11-3-4-16(14(30)2)29-18-8-6-15(12-25-18)21(22,23)24/h5-10,12-14,18H,3-4,11H2,1-2H3,(H,26,29);4-9,11-13,17H,2-3,10H2,1H3,(H,26,29);5-10,12,14,16H,3-4,11H2,1-2H3,(H,25,29)/t14-,18+;13-,17+;14-,16+/m000/s1. The van der Waals surface area contributed by atoms with Crippen LogP contribution in [-0.2, 0) is 18.5 Å². The van der Waals surface area contributed by atoms with E-state index in [1.165, 1.54) is 76.9 Å². The van der Waals surface area contributed by atoms with Crippen LogP contribution in [0.3, 0.4) is 0 Å². The van der Waals surface area contributed by atoms with Gasteiger partial charge in [-0.3, -0.25) is 14.4 Å². The Morgan fingerprint density at radius 2 is 0.825 bits per heavy atom. The number of ether oxygens (including phenoxy) is 1. The van der Waals surface area contributed by atoms with Crippen LogP contribution in [0.25, 0.3) is 17.1 Å². The molecule has 97 heavy (non-hydrogen) atoms. The first-order valence-electron chi connectivity index (χ1n) is 30.6. The van der Waals surface area contributed by atoms with Crippen molar-refractivity contribution in [3.05, 3.63) is 185 Å². The van der Waals surface area contributed by atoms with Crippen LogP contribution in [0.2, 0.25) is 5.02 Å². The van der Waals surface area contributed by atoms with Crippen molar-refractivity contribution in [2.75, 3.05) is 42.7 Å². The van der Waals surface area contributed by atoms with Gasteiger partial charge in [-0.1, -0.05) is 11.6 Å². The van der Waals surface area contributed by atoms with Gasteiger partial charge in [0.2, 0.25) is 0 Å². The van der Waals surface area contributed by atoms with Gasteiger partial charge in [0.15, 0.2) is 5.69 Å². The Hall–Kier alpha value is -10.3. The largest absolute Gasteiger partial charge is 0.497 e. The molecule has 33 heteroatoms. The molecule has 3 aliphatic heterocycles. The fraction of sp³-hybridized carbons (Fsp3) is 0.359. The van der Waals surface area contributed by atoms with Gasteiger partial charge in [-0.05, 0) is 151 Å². The molecule has 0 bridgehead atoms. The summed E-state index contributed by atoms with van der Waals surface area (Å²) < 4.78 is 120. The quantitative estimate of drug-likeness (QED) is 0.0908. The zero-order valence-corrected chi connectivity index (χ0v) is 53.4. The predicted molar refractivity (Wildman–Crippen MR) is 337 cm³/mol. The second kappa shape index (κ2) is 29.8. The average molecular weight is 1370 g/mol. The van der Waals surface area contributed by atoms with Crippen LogP contribution in [0, 0.1) is 6.92 Å². The van der Waals surface area contributed by atoms with E-state index >= 15 is 0 Å². The highest BCUT2D eigenvalue weighted by atomic mass is 35.5. The van der Waals surface area contributed by atoms with Crippen LogP contribution in [0.1, 0.15) is 113 Å². The van der Waals surface area contributed by atoms with E-state index in [-0.39, 0.29) is 59.7 Å². The molecule has 0 unspecified atom stereocenters. The van der Waals surface area contributed by atoms with E-state index in [4.69, 9.17) is 16.3 Å². The molecule has 0 spiro atoms. The zero-order chi connectivity index (χ0) is 69.3. The number of methoxy groups -OCH3 is 1. The van der Waals surface area contributed by atoms with Crippen molar-refractivity contribution in [3.63, 3.8) is 0 Å². The van der Waals surface area contributed by atoms with Crippen LogP contribution < -0.4 is 20.7 Å². The second-order valence-corrected chi connectivity index (χ2v) is 23.4. The first kappa shape index (κ1) is 69.6. The molecule has 10 heterocycles. The lowest BCUT2D eigenvalue weighted by molar-refractivity contribution is -0.138. The lowest BCUT2D eigenvalue weighted by Crippen LogP contribution is -2.52. The van der Waals surface area contributed by atoms with Gasteiger partial charge in [0.1, 0.15) is 28.9 Å². The Balaban J connectivity index is 0.000000158. The first-order chi connectivity index (χ1) is 46.2. The number of anilines is 3. The predicted octanol–water partition coefficient (Wildman–Crippen LogP) is 11.7. The molecule has 3 N–H and O–H groups in total. The third-order valence-corrected chi connectivity index (χ3v) is 17.0. The topological polar surface area (TPSA) is 250 Å². The number of piperidine rings is 3. The molecule has 0 radical (unpaired) electrons. The molecule has 6 atom stereocenters. The van der Waals surface area contributed by atoms with Gasteiger partial charge in [-0.2, -0.15) is 79.7 Å². The van der Waals surface area contributed by atoms with Crippen LogP contribution >= 0.6 is 11.6 Å². The molecule has 3 fully saturated rings. The summed E-state index contributed by atoms with van der Waals surface area (Å²) in [7, 11) is 1.52. The first-order valence-corrected chi connectivity index (χ1v) is 31.0. The number of carbonyl (C=O) groups excluding carboxylic acids is 3. The molecular formula is C64H65ClF9N19O4. The van der Waals surface area contributed by atoms with E-state index in [2.05, 4.69) is 66.5 Å². The summed E-state index contributed by atoms with van der Waals surface area (Å²) in [5.74, 6) is 0.840. The maximum absolute atomic E-state index is 13.6. The van der Waals surface area contributed by atoms with E-state index < -0.39 is 35.2 Å². The van der Waals surface area contributed by atoms with Gasteiger partial charge < -0.3 is 35.4 Å². The summed E-state index contributed by atoms with van der Waals surface area (Å²) in [5, 5.41) is 34.7. The fourth-order valence-electron chi connectivity index (χ4n) is 11.6. The number of hydrogen-bond donors (Lipinski definition) is 3. The number of amides is 3. The minimum absolute atomic E-state index is 0.173. The van der Waals surface area contributed by atoms with Crippen molar-refractivity contribution in [1.29, 1.82) is 0 Å². The molecule has 23 nitrogen and oxygen atoms in total. The highest BCUT2D eigenvalue weighted by Gasteiger charge is 2.39. The summed E-state index contributed by atoms with van der Waals surface area (Å²) in [6.45, 7) is 9.14. The van der Waals surface area contributed by atoms with Crippen molar-refractivity contribution < 1.29 is 58.6 Å². The number of hydrogen-bond acceptors (Lipinski definition) is 17. The molecule has 3 aliphatic rings. The van der Waals surface area contributed by atoms with Crippen LogP contribution in [0.4, 0.5) is 57.0 Å². The van der Waals surface area contributed by atoms with Crippen molar-refractivity contribution in [3.8, 4) is 22.8 Å². The van der Waals surface area contributed by atoms with Gasteiger partial charge in [0, 0.05) is 85.2 Å². The van der Waals surface area contributed by atoms with E-state index in [0.717, 1.165) is 75.3 Å². The van der Waals surface area contributed by atoms with Crippen LogP contribution in [-0.4, -0.2) is 160 Å². The summed E-state index contributed by atoms with van der Waals surface area (Å²) in [6.07, 6.45) is 2.66. The second-order valence-electron chi connectivity index (χ2n) is 23.0. The number of halogens is 10. The van der Waals surface area contributed by atoms with Gasteiger partial charge in [-0.25, -0.2) is 19.9 Å². The van der Waals surface area contributed by atoms with Crippen molar-refractivity contribution >= 4 is 46.8 Å². The minimum Gasteiger partial charge on any atom is -0.497 e. The number of nitrogens with one attached hydrogen (secondary N) is 3. The molecule has 3 amide bonds. The summed E-state index contributed by atoms with van der Waals surface area (Å²) in [6, 6.07) is 19.2. The Morgan fingerprint density at radius 1 is 0.474 bits per heavy atom. The number of rotatable bonds is 13. The van der Waals surface area contributed by atoms with Crippen molar-refractivity contribution in [1.82, 2.24) is 79.6 Å². The molecule has 2 aromatic carbocycles. The Kier molecular flexibility index (Phi) is 21.4. The number of pyridine rings is 4. The van der Waals surface area contributed by atoms with E-state index in [1.807, 2.05) is 20.8 Å². The Bertz CT molecular complexity index is 3940. The Morgan fingerprint density at radius 3 is 1.19 bits per heavy atom. The van der Waals surface area contributed by atoms with Gasteiger partial charge >= 0.3 is 18.5 Å². The SMILES string of the molecule is COc1ccc(-n2nccn2)c(C(=O)N2CCC[C@@H](Nc3ccc(C(F)(F)F)cn3)[C@@H]2C)c1.C[C@H]1[C@H](Nc2ccc(C(F)(F)F)cn2)CCCN1C(=O)c1cc(Cl)ccc1-n1nccn1.Cc1ccc(-n2nccn2)c(C(=O)N2CCC[C@@H](Nc3ccc(C(F)(F)F)cn3)[C@@H]2C)n1. The highest BCUT2D eigenvalue weighted by molar-refractivity contribution is 6.31. The smallest absolute Gasteiger partial charge is 0.417 e. The Labute approximate surface area is 554 Å². The summed E-state index contributed by atoms with van der Waals surface area (Å²) >= 11 is 6.16. The van der Waals surface area contributed by atoms with Gasteiger partial charge in [0.25, 0.3) is 17.7 Å². The van der Waals surface area contributed by atoms with Crippen molar-refractivity contribution in [2.45, 2.75) is 121 Å². The minimum atomic E-state index is -4.44. The highest BCUT2D eigenvalue weighted by Crippen LogP contribution is 2.35. The molecule has 3 saturated heterocycles. The number of carbonyl (C=O) groups is 3. The van der Waals surface area contributed by atoms with E-state index in [1.54, 1.807) is 70.2 Å². The molecule has 510 valence electrons. The summed E-state index contributed by atoms with van der Waals surface area (Å²) in [5.41, 5.74) is 0.808. The molecule has 0 saturated carbocycles. The average Bonchev–Trinajstić information content (AvgIpc) is 1.70. The maximum Gasteiger partial charge on any atom is 0.417 e. The monoisotopic (exact) mass is 1370 g/mol. The molecule has 0 aliphatic carbocycles. The molecule has 7 aromatic heterocycles. The molecule has 12 rings (SSSR count). The number of aryl methyl sites for hydroxylation is 1. The number of likely N-dealkylation sites (tertiary alicyclic amines) is 3. The van der Waals surface area contributed by atoms with E-state index in [0.29, 0.717) is 81.7 Å².